The van der Waals surface area contributed by atoms with Crippen LogP contribution in [-0.2, 0) is 9.47 Å². The molecule has 0 saturated carbocycles. The molecule has 0 radical (unpaired) electrons. The molecule has 1 rings (SSSR count). The summed E-state index contributed by atoms with van der Waals surface area (Å²) < 4.78 is 20.8. The molecule has 118 valence electrons. The van der Waals surface area contributed by atoms with Crippen molar-refractivity contribution in [3.63, 3.8) is 0 Å². The van der Waals surface area contributed by atoms with Gasteiger partial charge >= 0.3 is 5.97 Å². The molecule has 0 spiro atoms. The number of methoxy groups -OCH3 is 2. The second-order valence-corrected chi connectivity index (χ2v) is 4.53. The molecule has 6 nitrogen and oxygen atoms in total. The van der Waals surface area contributed by atoms with Crippen molar-refractivity contribution < 1.29 is 28.8 Å². The second kappa shape index (κ2) is 9.44. The fourth-order valence-electron chi connectivity index (χ4n) is 1.64. The van der Waals surface area contributed by atoms with Crippen molar-refractivity contribution in [3.8, 4) is 11.5 Å². The van der Waals surface area contributed by atoms with Crippen LogP contribution in [0.5, 0.6) is 11.5 Å². The highest BCUT2D eigenvalue weighted by molar-refractivity contribution is 6.31. The maximum absolute atomic E-state index is 11.2. The van der Waals surface area contributed by atoms with Gasteiger partial charge in [-0.25, -0.2) is 4.79 Å². The Morgan fingerprint density at radius 3 is 2.57 bits per heavy atom. The van der Waals surface area contributed by atoms with Crippen LogP contribution in [0.25, 0.3) is 0 Å². The van der Waals surface area contributed by atoms with E-state index in [2.05, 4.69) is 0 Å². The van der Waals surface area contributed by atoms with Crippen LogP contribution >= 0.6 is 11.6 Å². The number of ether oxygens (including phenoxy) is 4. The van der Waals surface area contributed by atoms with Crippen molar-refractivity contribution in [1.29, 1.82) is 0 Å². The monoisotopic (exact) mass is 318 g/mol. The first-order valence-corrected chi connectivity index (χ1v) is 6.78. The van der Waals surface area contributed by atoms with E-state index in [4.69, 9.17) is 30.5 Å². The first kappa shape index (κ1) is 17.6. The Labute approximate surface area is 128 Å². The minimum Gasteiger partial charge on any atom is -0.493 e. The van der Waals surface area contributed by atoms with E-state index < -0.39 is 5.97 Å². The Hall–Kier alpha value is -1.50. The highest BCUT2D eigenvalue weighted by Gasteiger charge is 2.18. The molecule has 1 aromatic rings. The van der Waals surface area contributed by atoms with Gasteiger partial charge in [-0.3, -0.25) is 0 Å². The molecule has 0 heterocycles. The number of carbonyl (C=O) groups is 1. The van der Waals surface area contributed by atoms with Gasteiger partial charge < -0.3 is 24.1 Å². The second-order valence-electron chi connectivity index (χ2n) is 4.10. The topological polar surface area (TPSA) is 74.2 Å². The van der Waals surface area contributed by atoms with Crippen molar-refractivity contribution in [2.45, 2.75) is 6.42 Å². The van der Waals surface area contributed by atoms with Crippen LogP contribution in [-0.4, -0.2) is 51.7 Å². The van der Waals surface area contributed by atoms with Gasteiger partial charge in [-0.15, -0.1) is 0 Å². The normalized spacial score (nSPS) is 10.4. The molecule has 0 aliphatic heterocycles. The Bertz CT molecular complexity index is 463. The lowest BCUT2D eigenvalue weighted by Crippen LogP contribution is -2.11. The summed E-state index contributed by atoms with van der Waals surface area (Å²) in [7, 11) is 3.05. The van der Waals surface area contributed by atoms with Crippen LogP contribution in [0, 0.1) is 0 Å². The zero-order valence-corrected chi connectivity index (χ0v) is 12.8. The molecule has 0 atom stereocenters. The molecule has 0 aromatic heterocycles. The predicted molar refractivity (Wildman–Crippen MR) is 77.8 cm³/mol. The molecule has 0 aliphatic carbocycles. The third-order valence-electron chi connectivity index (χ3n) is 2.58. The smallest absolute Gasteiger partial charge is 0.339 e. The Morgan fingerprint density at radius 2 is 1.95 bits per heavy atom. The largest absolute Gasteiger partial charge is 0.493 e. The summed E-state index contributed by atoms with van der Waals surface area (Å²) in [5, 5.41) is 9.44. The summed E-state index contributed by atoms with van der Waals surface area (Å²) in [4.78, 5) is 11.2. The zero-order chi connectivity index (χ0) is 15.7. The summed E-state index contributed by atoms with van der Waals surface area (Å²) >= 11 is 5.84. The number of hydrogen-bond acceptors (Lipinski definition) is 5. The third kappa shape index (κ3) is 5.79. The minimum atomic E-state index is -1.13. The van der Waals surface area contributed by atoms with Crippen LogP contribution in [0.1, 0.15) is 16.8 Å². The van der Waals surface area contributed by atoms with Gasteiger partial charge in [-0.1, -0.05) is 11.6 Å². The van der Waals surface area contributed by atoms with Crippen molar-refractivity contribution in [3.05, 3.63) is 22.7 Å². The van der Waals surface area contributed by atoms with Crippen LogP contribution in [0.4, 0.5) is 0 Å². The maximum atomic E-state index is 11.2. The average Bonchev–Trinajstić information content (AvgIpc) is 2.46. The van der Waals surface area contributed by atoms with Crippen molar-refractivity contribution in [2.75, 3.05) is 40.6 Å². The fourth-order valence-corrected chi connectivity index (χ4v) is 1.85. The van der Waals surface area contributed by atoms with Crippen LogP contribution < -0.4 is 9.47 Å². The van der Waals surface area contributed by atoms with E-state index >= 15 is 0 Å². The Kier molecular flexibility index (Phi) is 7.89. The maximum Gasteiger partial charge on any atom is 0.339 e. The van der Waals surface area contributed by atoms with E-state index in [1.165, 1.54) is 19.2 Å². The molecular formula is C14H19ClO6. The Balaban J connectivity index is 2.59. The van der Waals surface area contributed by atoms with E-state index in [0.717, 1.165) is 6.42 Å². The lowest BCUT2D eigenvalue weighted by atomic mass is 10.2. The zero-order valence-electron chi connectivity index (χ0n) is 12.1. The van der Waals surface area contributed by atoms with Gasteiger partial charge in [0.25, 0.3) is 0 Å². The number of carboxylic acids is 1. The summed E-state index contributed by atoms with van der Waals surface area (Å²) in [5.41, 5.74) is -0.0428. The fraction of sp³-hybridized carbons (Fsp3) is 0.500. The van der Waals surface area contributed by atoms with Gasteiger partial charge in [0.15, 0.2) is 11.5 Å². The Morgan fingerprint density at radius 1 is 1.19 bits per heavy atom. The van der Waals surface area contributed by atoms with Crippen molar-refractivity contribution in [1.82, 2.24) is 0 Å². The molecule has 7 heteroatoms. The van der Waals surface area contributed by atoms with E-state index in [1.54, 1.807) is 7.11 Å². The lowest BCUT2D eigenvalue weighted by molar-refractivity contribution is 0.0674. The molecular weight excluding hydrogens is 300 g/mol. The first-order valence-electron chi connectivity index (χ1n) is 6.40. The van der Waals surface area contributed by atoms with Gasteiger partial charge in [0.05, 0.1) is 13.7 Å². The first-order chi connectivity index (χ1) is 10.1. The molecule has 0 bridgehead atoms. The van der Waals surface area contributed by atoms with Crippen LogP contribution in [0.3, 0.4) is 0 Å². The third-order valence-corrected chi connectivity index (χ3v) is 2.80. The summed E-state index contributed by atoms with van der Waals surface area (Å²) in [6, 6.07) is 2.82. The van der Waals surface area contributed by atoms with Gasteiger partial charge in [0.2, 0.25) is 0 Å². The number of aromatic carboxylic acids is 1. The standard InChI is InChI=1S/C14H19ClO6/c1-18-4-3-5-20-6-7-21-13-11(14(16)17)8-10(15)9-12(13)19-2/h8-9H,3-7H2,1-2H3,(H,16,17). The highest BCUT2D eigenvalue weighted by Crippen LogP contribution is 2.34. The predicted octanol–water partition coefficient (Wildman–Crippen LogP) is 2.48. The number of benzene rings is 1. The van der Waals surface area contributed by atoms with Gasteiger partial charge in [-0.2, -0.15) is 0 Å². The van der Waals surface area contributed by atoms with Crippen molar-refractivity contribution in [2.24, 2.45) is 0 Å². The average molecular weight is 319 g/mol. The molecule has 0 aliphatic rings. The van der Waals surface area contributed by atoms with Crippen LogP contribution in [0.15, 0.2) is 12.1 Å². The van der Waals surface area contributed by atoms with Crippen molar-refractivity contribution >= 4 is 17.6 Å². The van der Waals surface area contributed by atoms with E-state index in [0.29, 0.717) is 19.8 Å². The number of rotatable bonds is 10. The minimum absolute atomic E-state index is 0.0428. The molecule has 1 N–H and O–H groups in total. The SMILES string of the molecule is COCCCOCCOc1c(OC)cc(Cl)cc1C(=O)O. The van der Waals surface area contributed by atoms with E-state index in [-0.39, 0.29) is 28.7 Å². The van der Waals surface area contributed by atoms with Gasteiger partial charge in [-0.05, 0) is 12.5 Å². The van der Waals surface area contributed by atoms with E-state index in [9.17, 15) is 9.90 Å². The molecule has 0 saturated heterocycles. The summed E-state index contributed by atoms with van der Waals surface area (Å²) in [5.74, 6) is -0.707. The number of halogens is 1. The molecule has 0 fully saturated rings. The van der Waals surface area contributed by atoms with Gasteiger partial charge in [0.1, 0.15) is 12.2 Å². The molecule has 21 heavy (non-hydrogen) atoms. The molecule has 0 amide bonds. The quantitative estimate of drug-likeness (QED) is 0.668. The molecule has 0 unspecified atom stereocenters. The van der Waals surface area contributed by atoms with E-state index in [1.807, 2.05) is 0 Å². The molecule has 1 aromatic carbocycles. The number of carboxylic acid groups (broad SMARTS) is 1. The lowest BCUT2D eigenvalue weighted by Gasteiger charge is -2.14. The van der Waals surface area contributed by atoms with Crippen LogP contribution in [0.2, 0.25) is 5.02 Å². The highest BCUT2D eigenvalue weighted by atomic mass is 35.5. The summed E-state index contributed by atoms with van der Waals surface area (Å²) in [6.07, 6.45) is 0.793. The summed E-state index contributed by atoms with van der Waals surface area (Å²) in [6.45, 7) is 1.75. The van der Waals surface area contributed by atoms with Gasteiger partial charge in [0, 0.05) is 31.4 Å². The number of hydrogen-bond donors (Lipinski definition) is 1.